The minimum Gasteiger partial charge on any atom is -0.481 e. The Labute approximate surface area is 176 Å². The fraction of sp³-hybridized carbons (Fsp3) is 0.333. The van der Waals surface area contributed by atoms with Crippen LogP contribution >= 0.6 is 0 Å². The van der Waals surface area contributed by atoms with Gasteiger partial charge in [-0.1, -0.05) is 30.4 Å². The Hall–Kier alpha value is -3.28. The molecule has 1 amide bonds. The van der Waals surface area contributed by atoms with E-state index in [1.54, 1.807) is 0 Å². The molecule has 6 nitrogen and oxygen atoms in total. The average molecular weight is 405 g/mol. The summed E-state index contributed by atoms with van der Waals surface area (Å²) >= 11 is 0. The number of benzene rings is 2. The first-order valence-electron chi connectivity index (χ1n) is 10.5. The molecule has 0 bridgehead atoms. The summed E-state index contributed by atoms with van der Waals surface area (Å²) in [6.45, 7) is 3.81. The van der Waals surface area contributed by atoms with E-state index in [0.29, 0.717) is 18.5 Å². The van der Waals surface area contributed by atoms with Crippen molar-refractivity contribution in [3.05, 3.63) is 66.7 Å². The number of nitrogens with zero attached hydrogens (tertiary/aromatic N) is 2. The van der Waals surface area contributed by atoms with E-state index in [1.165, 1.54) is 5.69 Å². The van der Waals surface area contributed by atoms with Crippen LogP contribution in [-0.2, 0) is 9.59 Å². The molecule has 156 valence electrons. The van der Waals surface area contributed by atoms with Gasteiger partial charge in [0.25, 0.3) is 0 Å². The number of carboxylic acids is 1. The van der Waals surface area contributed by atoms with E-state index in [-0.39, 0.29) is 5.91 Å². The summed E-state index contributed by atoms with van der Waals surface area (Å²) in [5.41, 5.74) is 3.09. The van der Waals surface area contributed by atoms with Crippen LogP contribution in [0.15, 0.2) is 66.7 Å². The number of anilines is 3. The second-order valence-corrected chi connectivity index (χ2v) is 7.84. The van der Waals surface area contributed by atoms with E-state index in [9.17, 15) is 14.7 Å². The topological polar surface area (TPSA) is 72.9 Å². The first-order chi connectivity index (χ1) is 14.6. The Morgan fingerprint density at radius 1 is 0.767 bits per heavy atom. The molecule has 2 aromatic carbocycles. The number of amides is 1. The lowest BCUT2D eigenvalue weighted by Crippen LogP contribution is -2.46. The van der Waals surface area contributed by atoms with E-state index in [1.807, 2.05) is 42.5 Å². The molecule has 1 aliphatic heterocycles. The highest BCUT2D eigenvalue weighted by molar-refractivity contribution is 5.95. The van der Waals surface area contributed by atoms with E-state index < -0.39 is 17.8 Å². The number of hydrogen-bond donors (Lipinski definition) is 2. The van der Waals surface area contributed by atoms with Gasteiger partial charge in [-0.05, 0) is 49.2 Å². The summed E-state index contributed by atoms with van der Waals surface area (Å²) in [7, 11) is 0. The van der Waals surface area contributed by atoms with E-state index >= 15 is 0 Å². The molecule has 0 saturated carbocycles. The van der Waals surface area contributed by atoms with Crippen molar-refractivity contribution >= 4 is 28.9 Å². The molecule has 2 aromatic rings. The van der Waals surface area contributed by atoms with Gasteiger partial charge in [0.05, 0.1) is 11.8 Å². The largest absolute Gasteiger partial charge is 0.481 e. The maximum Gasteiger partial charge on any atom is 0.307 e. The van der Waals surface area contributed by atoms with Crippen LogP contribution in [0.2, 0.25) is 0 Å². The number of carboxylic acid groups (broad SMARTS) is 1. The van der Waals surface area contributed by atoms with E-state index in [4.69, 9.17) is 0 Å². The molecule has 6 heteroatoms. The lowest BCUT2D eigenvalue weighted by atomic mass is 9.82. The summed E-state index contributed by atoms with van der Waals surface area (Å²) < 4.78 is 0. The maximum absolute atomic E-state index is 12.6. The first-order valence-corrected chi connectivity index (χ1v) is 10.5. The quantitative estimate of drug-likeness (QED) is 0.744. The highest BCUT2D eigenvalue weighted by Crippen LogP contribution is 2.28. The normalized spacial score (nSPS) is 21.3. The van der Waals surface area contributed by atoms with Crippen molar-refractivity contribution < 1.29 is 14.7 Å². The molecule has 0 unspecified atom stereocenters. The van der Waals surface area contributed by atoms with Gasteiger partial charge in [-0.25, -0.2) is 0 Å². The highest BCUT2D eigenvalue weighted by Gasteiger charge is 2.33. The molecule has 0 aromatic heterocycles. The molecule has 1 heterocycles. The van der Waals surface area contributed by atoms with Crippen LogP contribution < -0.4 is 15.1 Å². The fourth-order valence-corrected chi connectivity index (χ4v) is 4.23. The van der Waals surface area contributed by atoms with Crippen molar-refractivity contribution in [1.82, 2.24) is 0 Å². The lowest BCUT2D eigenvalue weighted by Gasteiger charge is -2.37. The lowest BCUT2D eigenvalue weighted by molar-refractivity contribution is -0.146. The SMILES string of the molecule is O=C(O)[C@H]1CC=CC[C@@H]1C(=O)Nc1ccc(N2CCN(c3ccccc3)CC2)cc1. The minimum absolute atomic E-state index is 0.226. The molecule has 2 aliphatic rings. The summed E-state index contributed by atoms with van der Waals surface area (Å²) in [4.78, 5) is 28.8. The fourth-order valence-electron chi connectivity index (χ4n) is 4.23. The van der Waals surface area contributed by atoms with Crippen molar-refractivity contribution in [2.24, 2.45) is 11.8 Å². The van der Waals surface area contributed by atoms with Crippen molar-refractivity contribution in [3.63, 3.8) is 0 Å². The second-order valence-electron chi connectivity index (χ2n) is 7.84. The van der Waals surface area contributed by atoms with Gasteiger partial charge in [-0.2, -0.15) is 0 Å². The Morgan fingerprint density at radius 2 is 1.30 bits per heavy atom. The third-order valence-corrected chi connectivity index (χ3v) is 5.99. The summed E-state index contributed by atoms with van der Waals surface area (Å²) in [6, 6.07) is 18.3. The summed E-state index contributed by atoms with van der Waals surface area (Å²) in [5.74, 6) is -2.33. The molecular formula is C24H27N3O3. The van der Waals surface area contributed by atoms with E-state index in [2.05, 4.69) is 39.4 Å². The number of para-hydroxylation sites is 1. The van der Waals surface area contributed by atoms with Crippen LogP contribution in [0.5, 0.6) is 0 Å². The van der Waals surface area contributed by atoms with Crippen LogP contribution in [-0.4, -0.2) is 43.2 Å². The molecule has 2 atom stereocenters. The van der Waals surface area contributed by atoms with E-state index in [0.717, 1.165) is 31.9 Å². The van der Waals surface area contributed by atoms with Gasteiger partial charge in [0.1, 0.15) is 0 Å². The third-order valence-electron chi connectivity index (χ3n) is 5.99. The monoisotopic (exact) mass is 405 g/mol. The van der Waals surface area contributed by atoms with Crippen molar-refractivity contribution in [2.45, 2.75) is 12.8 Å². The van der Waals surface area contributed by atoms with Crippen molar-refractivity contribution in [1.29, 1.82) is 0 Å². The number of allylic oxidation sites excluding steroid dienone is 2. The molecule has 1 aliphatic carbocycles. The van der Waals surface area contributed by atoms with Gasteiger partial charge in [-0.15, -0.1) is 0 Å². The number of aliphatic carboxylic acids is 1. The smallest absolute Gasteiger partial charge is 0.307 e. The van der Waals surface area contributed by atoms with Crippen LogP contribution in [0.1, 0.15) is 12.8 Å². The second kappa shape index (κ2) is 9.03. The number of carbonyl (C=O) groups excluding carboxylic acids is 1. The number of rotatable bonds is 5. The Morgan fingerprint density at radius 3 is 1.87 bits per heavy atom. The Bertz CT molecular complexity index is 903. The van der Waals surface area contributed by atoms with Gasteiger partial charge in [0, 0.05) is 43.2 Å². The molecule has 1 fully saturated rings. The zero-order valence-corrected chi connectivity index (χ0v) is 16.9. The van der Waals surface area contributed by atoms with Gasteiger partial charge < -0.3 is 20.2 Å². The van der Waals surface area contributed by atoms with Crippen LogP contribution in [0.3, 0.4) is 0 Å². The standard InChI is InChI=1S/C24H27N3O3/c28-23(21-8-4-5-9-22(21)24(29)30)25-18-10-12-20(13-11-18)27-16-14-26(15-17-27)19-6-2-1-3-7-19/h1-7,10-13,21-22H,8-9,14-17H2,(H,25,28)(H,29,30)/t21-,22-/m0/s1. The van der Waals surface area contributed by atoms with Crippen LogP contribution in [0.4, 0.5) is 17.1 Å². The van der Waals surface area contributed by atoms with Crippen molar-refractivity contribution in [3.8, 4) is 0 Å². The molecule has 0 radical (unpaired) electrons. The number of carbonyl (C=O) groups is 2. The van der Waals surface area contributed by atoms with Crippen LogP contribution in [0, 0.1) is 11.8 Å². The summed E-state index contributed by atoms with van der Waals surface area (Å²) in [5, 5.41) is 12.3. The van der Waals surface area contributed by atoms with Gasteiger partial charge in [-0.3, -0.25) is 9.59 Å². The third kappa shape index (κ3) is 4.48. The van der Waals surface area contributed by atoms with Gasteiger partial charge in [0.2, 0.25) is 5.91 Å². The minimum atomic E-state index is -0.913. The molecule has 2 N–H and O–H groups in total. The van der Waals surface area contributed by atoms with Crippen molar-refractivity contribution in [2.75, 3.05) is 41.3 Å². The van der Waals surface area contributed by atoms with Gasteiger partial charge >= 0.3 is 5.97 Å². The number of hydrogen-bond acceptors (Lipinski definition) is 4. The zero-order valence-electron chi connectivity index (χ0n) is 16.9. The summed E-state index contributed by atoms with van der Waals surface area (Å²) in [6.07, 6.45) is 4.60. The Kier molecular flexibility index (Phi) is 6.02. The molecule has 1 saturated heterocycles. The molecular weight excluding hydrogens is 378 g/mol. The Balaban J connectivity index is 1.34. The molecule has 30 heavy (non-hydrogen) atoms. The maximum atomic E-state index is 12.6. The first kappa shape index (κ1) is 20.0. The zero-order chi connectivity index (χ0) is 20.9. The molecule has 0 spiro atoms. The highest BCUT2D eigenvalue weighted by atomic mass is 16.4. The average Bonchev–Trinajstić information content (AvgIpc) is 2.80. The predicted molar refractivity (Wildman–Crippen MR) is 119 cm³/mol. The molecule has 4 rings (SSSR count). The van der Waals surface area contributed by atoms with Gasteiger partial charge in [0.15, 0.2) is 0 Å². The number of nitrogens with one attached hydrogen (secondary N) is 1. The predicted octanol–water partition coefficient (Wildman–Crippen LogP) is 3.62. The van der Waals surface area contributed by atoms with Crippen LogP contribution in [0.25, 0.3) is 0 Å². The number of piperazine rings is 1.